The molecular formula is C26H37N5O2S. The smallest absolute Gasteiger partial charge is 0.272 e. The van der Waals surface area contributed by atoms with E-state index in [1.807, 2.05) is 17.0 Å². The molecule has 6 rings (SSSR count). The van der Waals surface area contributed by atoms with E-state index in [1.165, 1.54) is 76.3 Å². The SMILES string of the molecule is C1CCN(CCN2CCCC2)CC1.O=C(c1[nH]nc2c1CSc1ccccc1-2)N1CCOCC1. The Morgan fingerprint density at radius 2 is 1.56 bits per heavy atom. The van der Waals surface area contributed by atoms with Crippen LogP contribution in [0.1, 0.15) is 48.2 Å². The third-order valence-corrected chi connectivity index (χ3v) is 8.37. The number of benzene rings is 1. The molecule has 0 saturated carbocycles. The summed E-state index contributed by atoms with van der Waals surface area (Å²) in [7, 11) is 0. The summed E-state index contributed by atoms with van der Waals surface area (Å²) < 4.78 is 5.30. The number of carbonyl (C=O) groups excluding carboxylic acids is 1. The molecule has 1 N–H and O–H groups in total. The van der Waals surface area contributed by atoms with Crippen molar-refractivity contribution < 1.29 is 9.53 Å². The largest absolute Gasteiger partial charge is 0.378 e. The highest BCUT2D eigenvalue weighted by Gasteiger charge is 2.28. The molecule has 7 nitrogen and oxygen atoms in total. The van der Waals surface area contributed by atoms with Crippen LogP contribution in [0.5, 0.6) is 0 Å². The van der Waals surface area contributed by atoms with Gasteiger partial charge in [-0.2, -0.15) is 5.10 Å². The highest BCUT2D eigenvalue weighted by atomic mass is 32.2. The van der Waals surface area contributed by atoms with E-state index < -0.39 is 0 Å². The van der Waals surface area contributed by atoms with Gasteiger partial charge in [0.2, 0.25) is 0 Å². The number of H-pyrrole nitrogens is 1. The van der Waals surface area contributed by atoms with Crippen molar-refractivity contribution in [3.8, 4) is 11.3 Å². The minimum absolute atomic E-state index is 0.0343. The molecule has 1 amide bonds. The lowest BCUT2D eigenvalue weighted by Crippen LogP contribution is -2.41. The van der Waals surface area contributed by atoms with Crippen molar-refractivity contribution >= 4 is 17.7 Å². The van der Waals surface area contributed by atoms with Gasteiger partial charge in [0.1, 0.15) is 5.69 Å². The Morgan fingerprint density at radius 3 is 2.26 bits per heavy atom. The van der Waals surface area contributed by atoms with Gasteiger partial charge in [-0.25, -0.2) is 0 Å². The number of piperidine rings is 1. The first-order valence-corrected chi connectivity index (χ1v) is 13.9. The number of carbonyl (C=O) groups is 1. The first kappa shape index (κ1) is 23.9. The summed E-state index contributed by atoms with van der Waals surface area (Å²) in [4.78, 5) is 21.0. The number of aromatic amines is 1. The van der Waals surface area contributed by atoms with Crippen LogP contribution in [0.15, 0.2) is 29.2 Å². The zero-order valence-electron chi connectivity index (χ0n) is 20.1. The van der Waals surface area contributed by atoms with Gasteiger partial charge in [0.05, 0.1) is 18.9 Å². The zero-order valence-corrected chi connectivity index (χ0v) is 21.0. The first-order chi connectivity index (χ1) is 16.8. The molecule has 184 valence electrons. The first-order valence-electron chi connectivity index (χ1n) is 12.9. The van der Waals surface area contributed by atoms with Crippen LogP contribution in [-0.4, -0.2) is 96.4 Å². The van der Waals surface area contributed by atoms with E-state index in [9.17, 15) is 4.79 Å². The molecule has 4 aliphatic heterocycles. The Kier molecular flexibility index (Phi) is 8.21. The number of fused-ring (bicyclic) bond motifs is 3. The van der Waals surface area contributed by atoms with E-state index in [0.717, 1.165) is 22.6 Å². The topological polar surface area (TPSA) is 64.7 Å². The molecule has 3 saturated heterocycles. The number of likely N-dealkylation sites (tertiary alicyclic amines) is 2. The molecule has 0 atom stereocenters. The number of thioether (sulfide) groups is 1. The number of amides is 1. The van der Waals surface area contributed by atoms with Gasteiger partial charge in [-0.15, -0.1) is 11.8 Å². The number of ether oxygens (including phenoxy) is 1. The quantitative estimate of drug-likeness (QED) is 0.715. The molecule has 0 unspecified atom stereocenters. The lowest BCUT2D eigenvalue weighted by atomic mass is 10.1. The minimum atomic E-state index is 0.0343. The summed E-state index contributed by atoms with van der Waals surface area (Å²) in [5, 5.41) is 7.36. The highest BCUT2D eigenvalue weighted by Crippen LogP contribution is 2.41. The summed E-state index contributed by atoms with van der Waals surface area (Å²) in [6.45, 7) is 10.6. The number of nitrogens with zero attached hydrogens (tertiary/aromatic N) is 4. The van der Waals surface area contributed by atoms with Crippen LogP contribution < -0.4 is 0 Å². The summed E-state index contributed by atoms with van der Waals surface area (Å²) in [6.07, 6.45) is 7.18. The van der Waals surface area contributed by atoms with Crippen LogP contribution in [0.25, 0.3) is 11.3 Å². The van der Waals surface area contributed by atoms with Gasteiger partial charge in [-0.3, -0.25) is 9.89 Å². The summed E-state index contributed by atoms with van der Waals surface area (Å²) in [5.41, 5.74) is 3.69. The Balaban J connectivity index is 0.000000159. The van der Waals surface area contributed by atoms with E-state index in [2.05, 4.69) is 32.1 Å². The molecular weight excluding hydrogens is 446 g/mol. The molecule has 8 heteroatoms. The van der Waals surface area contributed by atoms with Crippen molar-refractivity contribution in [2.24, 2.45) is 0 Å². The second kappa shape index (κ2) is 11.7. The standard InChI is InChI=1S/C15H15N3O2S.C11H22N2/c19-15(18-5-7-20-8-6-18)14-11-9-21-12-4-2-1-3-10(12)13(11)16-17-14;1-2-6-12(7-3-1)10-11-13-8-4-5-9-13/h1-4H,5-9H2,(H,16,17);1-11H2. The van der Waals surface area contributed by atoms with E-state index in [1.54, 1.807) is 11.8 Å². The maximum atomic E-state index is 12.6. The summed E-state index contributed by atoms with van der Waals surface area (Å²) >= 11 is 1.76. The number of rotatable bonds is 4. The molecule has 1 aromatic carbocycles. The van der Waals surface area contributed by atoms with Crippen LogP contribution in [0.2, 0.25) is 0 Å². The molecule has 34 heavy (non-hydrogen) atoms. The Hall–Kier alpha value is -1.87. The van der Waals surface area contributed by atoms with Gasteiger partial charge in [0.25, 0.3) is 5.91 Å². The monoisotopic (exact) mass is 483 g/mol. The second-order valence-electron chi connectivity index (χ2n) is 9.57. The molecule has 0 aliphatic carbocycles. The van der Waals surface area contributed by atoms with Crippen LogP contribution >= 0.6 is 11.8 Å². The van der Waals surface area contributed by atoms with Crippen LogP contribution in [-0.2, 0) is 10.5 Å². The number of aromatic nitrogens is 2. The van der Waals surface area contributed by atoms with Crippen molar-refractivity contribution in [3.05, 3.63) is 35.5 Å². The lowest BCUT2D eigenvalue weighted by Gasteiger charge is -2.28. The average Bonchev–Trinajstić information content (AvgIpc) is 3.59. The zero-order chi connectivity index (χ0) is 23.2. The van der Waals surface area contributed by atoms with Crippen molar-refractivity contribution in [1.29, 1.82) is 0 Å². The van der Waals surface area contributed by atoms with Crippen LogP contribution in [0.4, 0.5) is 0 Å². The van der Waals surface area contributed by atoms with Crippen molar-refractivity contribution in [2.45, 2.75) is 42.8 Å². The van der Waals surface area contributed by atoms with Crippen molar-refractivity contribution in [1.82, 2.24) is 24.9 Å². The maximum Gasteiger partial charge on any atom is 0.272 e. The third kappa shape index (κ3) is 5.67. The van der Waals surface area contributed by atoms with Gasteiger partial charge >= 0.3 is 0 Å². The van der Waals surface area contributed by atoms with E-state index >= 15 is 0 Å². The minimum Gasteiger partial charge on any atom is -0.378 e. The third-order valence-electron chi connectivity index (χ3n) is 7.27. The fourth-order valence-corrected chi connectivity index (χ4v) is 6.32. The number of morpholine rings is 1. The maximum absolute atomic E-state index is 12.6. The average molecular weight is 484 g/mol. The van der Waals surface area contributed by atoms with Gasteiger partial charge < -0.3 is 19.4 Å². The van der Waals surface area contributed by atoms with Gasteiger partial charge in [0.15, 0.2) is 0 Å². The number of nitrogens with one attached hydrogen (secondary N) is 1. The van der Waals surface area contributed by atoms with Crippen molar-refractivity contribution in [3.63, 3.8) is 0 Å². The predicted octanol–water partition coefficient (Wildman–Crippen LogP) is 3.72. The fourth-order valence-electron chi connectivity index (χ4n) is 5.24. The molecule has 1 aromatic heterocycles. The van der Waals surface area contributed by atoms with E-state index in [0.29, 0.717) is 32.0 Å². The van der Waals surface area contributed by atoms with Crippen molar-refractivity contribution in [2.75, 3.05) is 65.6 Å². The predicted molar refractivity (Wildman–Crippen MR) is 136 cm³/mol. The lowest BCUT2D eigenvalue weighted by molar-refractivity contribution is 0.0298. The second-order valence-corrected chi connectivity index (χ2v) is 10.6. The van der Waals surface area contributed by atoms with Gasteiger partial charge in [-0.1, -0.05) is 24.6 Å². The summed E-state index contributed by atoms with van der Waals surface area (Å²) in [6, 6.07) is 8.20. The molecule has 4 aliphatic rings. The molecule has 3 fully saturated rings. The highest BCUT2D eigenvalue weighted by molar-refractivity contribution is 7.98. The summed E-state index contributed by atoms with van der Waals surface area (Å²) in [5.74, 6) is 0.820. The van der Waals surface area contributed by atoms with E-state index in [-0.39, 0.29) is 5.91 Å². The molecule has 2 aromatic rings. The number of hydrogen-bond acceptors (Lipinski definition) is 6. The fraction of sp³-hybridized carbons (Fsp3) is 0.615. The van der Waals surface area contributed by atoms with Gasteiger partial charge in [-0.05, 0) is 57.9 Å². The van der Waals surface area contributed by atoms with E-state index in [4.69, 9.17) is 4.74 Å². The Morgan fingerprint density at radius 1 is 0.912 bits per heavy atom. The molecule has 5 heterocycles. The molecule has 0 bridgehead atoms. The number of hydrogen-bond donors (Lipinski definition) is 1. The van der Waals surface area contributed by atoms with Crippen LogP contribution in [0.3, 0.4) is 0 Å². The van der Waals surface area contributed by atoms with Crippen LogP contribution in [0, 0.1) is 0 Å². The normalized spacial score (nSPS) is 20.9. The Labute approximate surface area is 207 Å². The Bertz CT molecular complexity index is 946. The molecule has 0 spiro atoms. The molecule has 0 radical (unpaired) electrons. The van der Waals surface area contributed by atoms with Gasteiger partial charge in [0, 0.05) is 48.0 Å².